The molecule has 1 aromatic rings. The molecular weight excluding hydrogens is 361 g/mol. The summed E-state index contributed by atoms with van der Waals surface area (Å²) in [5.41, 5.74) is 0. The standard InChI is InChI=1S/C16H26IN3/c1-4-9-18-16-14(17)10-19-15(20-16)13-7-5-12(6-8-13)11(2)3/h10-13H,4-9H2,1-3H3,(H,18,19,20). The van der Waals surface area contributed by atoms with Crippen molar-refractivity contribution in [1.29, 1.82) is 0 Å². The van der Waals surface area contributed by atoms with Crippen LogP contribution in [-0.4, -0.2) is 16.5 Å². The van der Waals surface area contributed by atoms with Crippen LogP contribution in [0.25, 0.3) is 0 Å². The molecule has 20 heavy (non-hydrogen) atoms. The highest BCUT2D eigenvalue weighted by Gasteiger charge is 2.26. The third kappa shape index (κ3) is 4.06. The van der Waals surface area contributed by atoms with Gasteiger partial charge in [0.25, 0.3) is 0 Å². The highest BCUT2D eigenvalue weighted by Crippen LogP contribution is 2.37. The maximum absolute atomic E-state index is 4.77. The van der Waals surface area contributed by atoms with Crippen LogP contribution in [0, 0.1) is 15.4 Å². The van der Waals surface area contributed by atoms with E-state index < -0.39 is 0 Å². The van der Waals surface area contributed by atoms with Crippen molar-refractivity contribution in [2.45, 2.75) is 58.8 Å². The Morgan fingerprint density at radius 1 is 1.30 bits per heavy atom. The number of anilines is 1. The van der Waals surface area contributed by atoms with Gasteiger partial charge in [-0.15, -0.1) is 0 Å². The summed E-state index contributed by atoms with van der Waals surface area (Å²) in [5, 5.41) is 3.41. The van der Waals surface area contributed by atoms with E-state index in [0.717, 1.165) is 40.0 Å². The Labute approximate surface area is 136 Å². The first-order chi connectivity index (χ1) is 9.61. The van der Waals surface area contributed by atoms with Crippen LogP contribution in [0.3, 0.4) is 0 Å². The Morgan fingerprint density at radius 3 is 2.60 bits per heavy atom. The van der Waals surface area contributed by atoms with Gasteiger partial charge in [0.2, 0.25) is 0 Å². The Kier molecular flexibility index (Phi) is 6.05. The van der Waals surface area contributed by atoms with Crippen LogP contribution in [0.4, 0.5) is 5.82 Å². The molecule has 0 bridgehead atoms. The van der Waals surface area contributed by atoms with E-state index in [9.17, 15) is 0 Å². The van der Waals surface area contributed by atoms with E-state index in [2.05, 4.69) is 53.7 Å². The average molecular weight is 387 g/mol. The first-order valence-corrected chi connectivity index (χ1v) is 8.96. The minimum absolute atomic E-state index is 0.559. The van der Waals surface area contributed by atoms with Crippen LogP contribution < -0.4 is 5.32 Å². The second-order valence-corrected chi connectivity index (χ2v) is 7.37. The largest absolute Gasteiger partial charge is 0.369 e. The molecule has 2 rings (SSSR count). The van der Waals surface area contributed by atoms with Crippen molar-refractivity contribution in [3.8, 4) is 0 Å². The molecule has 3 nitrogen and oxygen atoms in total. The highest BCUT2D eigenvalue weighted by molar-refractivity contribution is 14.1. The van der Waals surface area contributed by atoms with Gasteiger partial charge in [-0.05, 0) is 66.5 Å². The molecule has 1 aliphatic rings. The SMILES string of the molecule is CCCNc1nc(C2CCC(C(C)C)CC2)ncc1I. The van der Waals surface area contributed by atoms with Gasteiger partial charge in [-0.1, -0.05) is 20.8 Å². The van der Waals surface area contributed by atoms with Crippen molar-refractivity contribution in [1.82, 2.24) is 9.97 Å². The minimum atomic E-state index is 0.559. The third-order valence-corrected chi connectivity index (χ3v) is 5.17. The van der Waals surface area contributed by atoms with Gasteiger partial charge in [0.1, 0.15) is 11.6 Å². The zero-order valence-electron chi connectivity index (χ0n) is 12.8. The summed E-state index contributed by atoms with van der Waals surface area (Å²) >= 11 is 2.31. The topological polar surface area (TPSA) is 37.8 Å². The Bertz CT molecular complexity index is 426. The van der Waals surface area contributed by atoms with Crippen molar-refractivity contribution in [3.63, 3.8) is 0 Å². The number of hydrogen-bond acceptors (Lipinski definition) is 3. The Morgan fingerprint density at radius 2 is 2.00 bits per heavy atom. The van der Waals surface area contributed by atoms with Gasteiger partial charge >= 0.3 is 0 Å². The van der Waals surface area contributed by atoms with Crippen LogP contribution in [0.5, 0.6) is 0 Å². The summed E-state index contributed by atoms with van der Waals surface area (Å²) in [7, 11) is 0. The summed E-state index contributed by atoms with van der Waals surface area (Å²) in [6, 6.07) is 0. The fourth-order valence-electron chi connectivity index (χ4n) is 2.99. The second-order valence-electron chi connectivity index (χ2n) is 6.21. The van der Waals surface area contributed by atoms with Gasteiger partial charge < -0.3 is 5.32 Å². The molecule has 1 fully saturated rings. The lowest BCUT2D eigenvalue weighted by molar-refractivity contribution is 0.255. The molecule has 112 valence electrons. The summed E-state index contributed by atoms with van der Waals surface area (Å²) in [6.07, 6.45) is 8.24. The molecule has 1 N–H and O–H groups in total. The molecule has 0 aromatic carbocycles. The van der Waals surface area contributed by atoms with Crippen LogP contribution >= 0.6 is 22.6 Å². The lowest BCUT2D eigenvalue weighted by atomic mass is 9.77. The van der Waals surface area contributed by atoms with E-state index in [0.29, 0.717) is 5.92 Å². The van der Waals surface area contributed by atoms with Crippen molar-refractivity contribution in [2.75, 3.05) is 11.9 Å². The molecule has 0 spiro atoms. The number of nitrogens with zero attached hydrogens (tertiary/aromatic N) is 2. The van der Waals surface area contributed by atoms with E-state index in [1.54, 1.807) is 0 Å². The molecule has 0 amide bonds. The Balaban J connectivity index is 2.02. The lowest BCUT2D eigenvalue weighted by Gasteiger charge is -2.30. The monoisotopic (exact) mass is 387 g/mol. The minimum Gasteiger partial charge on any atom is -0.369 e. The third-order valence-electron chi connectivity index (χ3n) is 4.38. The molecule has 1 aliphatic carbocycles. The van der Waals surface area contributed by atoms with Crippen molar-refractivity contribution >= 4 is 28.4 Å². The quantitative estimate of drug-likeness (QED) is 0.736. The number of aromatic nitrogens is 2. The highest BCUT2D eigenvalue weighted by atomic mass is 127. The van der Waals surface area contributed by atoms with Crippen molar-refractivity contribution in [3.05, 3.63) is 15.6 Å². The van der Waals surface area contributed by atoms with Gasteiger partial charge in [-0.25, -0.2) is 9.97 Å². The van der Waals surface area contributed by atoms with Crippen LogP contribution in [0.2, 0.25) is 0 Å². The second kappa shape index (κ2) is 7.57. The van der Waals surface area contributed by atoms with Crippen LogP contribution in [0.15, 0.2) is 6.20 Å². The zero-order chi connectivity index (χ0) is 14.5. The van der Waals surface area contributed by atoms with Crippen LogP contribution in [0.1, 0.15) is 64.6 Å². The zero-order valence-corrected chi connectivity index (χ0v) is 15.0. The number of hydrogen-bond donors (Lipinski definition) is 1. The molecule has 0 saturated heterocycles. The van der Waals surface area contributed by atoms with E-state index in [1.165, 1.54) is 25.7 Å². The van der Waals surface area contributed by atoms with Gasteiger partial charge in [0.05, 0.1) is 3.57 Å². The lowest BCUT2D eigenvalue weighted by Crippen LogP contribution is -2.19. The van der Waals surface area contributed by atoms with Gasteiger partial charge in [0.15, 0.2) is 0 Å². The predicted octanol–water partition coefficient (Wildman–Crippen LogP) is 4.83. The molecule has 1 heterocycles. The summed E-state index contributed by atoms with van der Waals surface area (Å²) in [5.74, 6) is 4.34. The first kappa shape index (κ1) is 16.0. The first-order valence-electron chi connectivity index (χ1n) is 7.88. The summed E-state index contributed by atoms with van der Waals surface area (Å²) < 4.78 is 1.12. The van der Waals surface area contributed by atoms with E-state index in [-0.39, 0.29) is 0 Å². The molecule has 1 saturated carbocycles. The smallest absolute Gasteiger partial charge is 0.143 e. The van der Waals surface area contributed by atoms with Crippen molar-refractivity contribution < 1.29 is 0 Å². The fraction of sp³-hybridized carbons (Fsp3) is 0.750. The molecule has 0 aliphatic heterocycles. The molecule has 1 aromatic heterocycles. The van der Waals surface area contributed by atoms with Gasteiger partial charge in [-0.2, -0.15) is 0 Å². The van der Waals surface area contributed by atoms with E-state index >= 15 is 0 Å². The molecule has 0 atom stereocenters. The fourth-order valence-corrected chi connectivity index (χ4v) is 3.44. The maximum atomic E-state index is 4.77. The number of nitrogens with one attached hydrogen (secondary N) is 1. The molecule has 0 unspecified atom stereocenters. The van der Waals surface area contributed by atoms with Crippen molar-refractivity contribution in [2.24, 2.45) is 11.8 Å². The molecule has 0 radical (unpaired) electrons. The van der Waals surface area contributed by atoms with Crippen LogP contribution in [-0.2, 0) is 0 Å². The number of halogens is 1. The number of rotatable bonds is 5. The summed E-state index contributed by atoms with van der Waals surface area (Å²) in [6.45, 7) is 7.85. The predicted molar refractivity (Wildman–Crippen MR) is 93.1 cm³/mol. The maximum Gasteiger partial charge on any atom is 0.143 e. The molecular formula is C16H26IN3. The van der Waals surface area contributed by atoms with Gasteiger partial charge in [0, 0.05) is 18.7 Å². The normalized spacial score (nSPS) is 23.1. The molecule has 4 heteroatoms. The average Bonchev–Trinajstić information content (AvgIpc) is 2.46. The van der Waals surface area contributed by atoms with Gasteiger partial charge in [-0.3, -0.25) is 0 Å². The van der Waals surface area contributed by atoms with E-state index in [1.807, 2.05) is 6.20 Å². The summed E-state index contributed by atoms with van der Waals surface area (Å²) in [4.78, 5) is 9.36. The van der Waals surface area contributed by atoms with E-state index in [4.69, 9.17) is 4.98 Å². The Hall–Kier alpha value is -0.390.